The Morgan fingerprint density at radius 1 is 1.40 bits per heavy atom. The molecule has 10 heavy (non-hydrogen) atoms. The van der Waals surface area contributed by atoms with Gasteiger partial charge in [-0.15, -0.1) is 0 Å². The lowest BCUT2D eigenvalue weighted by Crippen LogP contribution is -2.21. The molecule has 0 radical (unpaired) electrons. The van der Waals surface area contributed by atoms with Crippen molar-refractivity contribution in [1.29, 1.82) is 0 Å². The Hall–Kier alpha value is 0.480. The highest BCUT2D eigenvalue weighted by Gasteiger charge is 2.24. The van der Waals surface area contributed by atoms with Gasteiger partial charge in [0.25, 0.3) is 0 Å². The molecular formula is C9H17Br. The zero-order valence-corrected chi connectivity index (χ0v) is 8.52. The maximum atomic E-state index is 3.60. The second-order valence-corrected chi connectivity index (χ2v) is 5.25. The van der Waals surface area contributed by atoms with Crippen LogP contribution in [0.1, 0.15) is 39.5 Å². The van der Waals surface area contributed by atoms with Crippen LogP contribution in [0.3, 0.4) is 0 Å². The fourth-order valence-corrected chi connectivity index (χ4v) is 2.30. The Kier molecular flexibility index (Phi) is 3.22. The molecule has 1 aliphatic carbocycles. The van der Waals surface area contributed by atoms with Crippen LogP contribution in [0.5, 0.6) is 0 Å². The van der Waals surface area contributed by atoms with Crippen molar-refractivity contribution in [1.82, 2.24) is 0 Å². The van der Waals surface area contributed by atoms with Crippen molar-refractivity contribution in [2.45, 2.75) is 44.4 Å². The minimum atomic E-state index is 0.711. The normalized spacial score (nSPS) is 25.5. The lowest BCUT2D eigenvalue weighted by Gasteiger charge is -2.32. The van der Waals surface area contributed by atoms with E-state index in [4.69, 9.17) is 0 Å². The van der Waals surface area contributed by atoms with Crippen molar-refractivity contribution in [3.63, 3.8) is 0 Å². The predicted molar refractivity (Wildman–Crippen MR) is 49.5 cm³/mol. The summed E-state index contributed by atoms with van der Waals surface area (Å²) in [5.74, 6) is 2.00. The van der Waals surface area contributed by atoms with E-state index in [1.54, 1.807) is 0 Å². The average Bonchev–Trinajstić information content (AvgIpc) is 1.55. The third-order valence-corrected chi connectivity index (χ3v) is 3.02. The van der Waals surface area contributed by atoms with E-state index in [1.807, 2.05) is 0 Å². The molecule has 0 heterocycles. The molecule has 0 amide bonds. The van der Waals surface area contributed by atoms with Crippen LogP contribution in [0.2, 0.25) is 0 Å². The molecule has 0 nitrogen and oxygen atoms in total. The van der Waals surface area contributed by atoms with Crippen molar-refractivity contribution in [3.8, 4) is 0 Å². The van der Waals surface area contributed by atoms with E-state index in [0.717, 1.165) is 11.8 Å². The van der Waals surface area contributed by atoms with Gasteiger partial charge in [-0.2, -0.15) is 0 Å². The quantitative estimate of drug-likeness (QED) is 0.617. The summed E-state index contributed by atoms with van der Waals surface area (Å²) in [6.45, 7) is 4.64. The van der Waals surface area contributed by atoms with Crippen molar-refractivity contribution in [2.75, 3.05) is 0 Å². The van der Waals surface area contributed by atoms with Gasteiger partial charge in [-0.1, -0.05) is 49.0 Å². The third-order valence-electron chi connectivity index (χ3n) is 2.65. The summed E-state index contributed by atoms with van der Waals surface area (Å²) in [5.41, 5.74) is 0. The lowest BCUT2D eigenvalue weighted by molar-refractivity contribution is 0.211. The molecular weight excluding hydrogens is 188 g/mol. The number of alkyl halides is 1. The summed E-state index contributed by atoms with van der Waals surface area (Å²) in [7, 11) is 0. The molecule has 60 valence electrons. The smallest absolute Gasteiger partial charge is 0.0120 e. The molecule has 2 unspecified atom stereocenters. The van der Waals surface area contributed by atoms with Crippen LogP contribution in [-0.2, 0) is 0 Å². The van der Waals surface area contributed by atoms with E-state index in [2.05, 4.69) is 29.8 Å². The molecule has 2 atom stereocenters. The van der Waals surface area contributed by atoms with Crippen molar-refractivity contribution in [3.05, 3.63) is 0 Å². The molecule has 0 saturated heterocycles. The zero-order valence-electron chi connectivity index (χ0n) is 6.94. The maximum absolute atomic E-state index is 3.60. The molecule has 1 saturated carbocycles. The predicted octanol–water partition coefficient (Wildman–Crippen LogP) is 3.60. The van der Waals surface area contributed by atoms with E-state index in [0.29, 0.717) is 4.83 Å². The Morgan fingerprint density at radius 3 is 2.30 bits per heavy atom. The summed E-state index contributed by atoms with van der Waals surface area (Å²) in [4.78, 5) is 0.711. The summed E-state index contributed by atoms with van der Waals surface area (Å²) in [6, 6.07) is 0. The molecule has 0 aromatic heterocycles. The van der Waals surface area contributed by atoms with E-state index >= 15 is 0 Å². The lowest BCUT2D eigenvalue weighted by atomic mass is 9.75. The van der Waals surface area contributed by atoms with Gasteiger partial charge in [-0.3, -0.25) is 0 Å². The first kappa shape index (κ1) is 8.58. The Bertz CT molecular complexity index is 94.9. The molecule has 1 rings (SSSR count). The van der Waals surface area contributed by atoms with Gasteiger partial charge in [0, 0.05) is 4.83 Å². The van der Waals surface area contributed by atoms with Gasteiger partial charge in [0.05, 0.1) is 0 Å². The fraction of sp³-hybridized carbons (Fsp3) is 1.00. The van der Waals surface area contributed by atoms with Crippen LogP contribution in [-0.4, -0.2) is 4.83 Å². The van der Waals surface area contributed by atoms with E-state index in [1.165, 1.54) is 25.7 Å². The summed E-state index contributed by atoms with van der Waals surface area (Å²) < 4.78 is 0. The molecule has 1 fully saturated rings. The Morgan fingerprint density at radius 2 is 2.00 bits per heavy atom. The maximum Gasteiger partial charge on any atom is 0.0120 e. The molecule has 1 aliphatic rings. The first-order chi connectivity index (χ1) is 4.70. The van der Waals surface area contributed by atoms with Crippen molar-refractivity contribution < 1.29 is 0 Å². The Labute approximate surface area is 72.5 Å². The van der Waals surface area contributed by atoms with Crippen molar-refractivity contribution in [2.24, 2.45) is 11.8 Å². The van der Waals surface area contributed by atoms with Gasteiger partial charge in [0.15, 0.2) is 0 Å². The highest BCUT2D eigenvalue weighted by molar-refractivity contribution is 9.09. The van der Waals surface area contributed by atoms with E-state index in [-0.39, 0.29) is 0 Å². The SMILES string of the molecule is CC(Br)CC(C)C1CCC1. The highest BCUT2D eigenvalue weighted by Crippen LogP contribution is 2.35. The number of rotatable bonds is 3. The average molecular weight is 205 g/mol. The second kappa shape index (κ2) is 3.75. The number of halogens is 1. The standard InChI is InChI=1S/C9H17Br/c1-7(6-8(2)10)9-4-3-5-9/h7-9H,3-6H2,1-2H3. The van der Waals surface area contributed by atoms with Crippen LogP contribution in [0.15, 0.2) is 0 Å². The van der Waals surface area contributed by atoms with E-state index < -0.39 is 0 Å². The Balaban J connectivity index is 2.13. The van der Waals surface area contributed by atoms with Crippen LogP contribution < -0.4 is 0 Å². The summed E-state index contributed by atoms with van der Waals surface area (Å²) in [6.07, 6.45) is 5.80. The molecule has 0 N–H and O–H groups in total. The third kappa shape index (κ3) is 2.26. The van der Waals surface area contributed by atoms with Crippen LogP contribution >= 0.6 is 15.9 Å². The van der Waals surface area contributed by atoms with Crippen LogP contribution in [0, 0.1) is 11.8 Å². The monoisotopic (exact) mass is 204 g/mol. The first-order valence-corrected chi connectivity index (χ1v) is 5.25. The minimum absolute atomic E-state index is 0.711. The molecule has 0 aliphatic heterocycles. The number of hydrogen-bond acceptors (Lipinski definition) is 0. The molecule has 0 aromatic carbocycles. The van der Waals surface area contributed by atoms with Gasteiger partial charge in [0.1, 0.15) is 0 Å². The second-order valence-electron chi connectivity index (χ2n) is 3.68. The summed E-state index contributed by atoms with van der Waals surface area (Å²) in [5, 5.41) is 0. The van der Waals surface area contributed by atoms with Crippen LogP contribution in [0.4, 0.5) is 0 Å². The van der Waals surface area contributed by atoms with Gasteiger partial charge < -0.3 is 0 Å². The van der Waals surface area contributed by atoms with Gasteiger partial charge in [-0.25, -0.2) is 0 Å². The highest BCUT2D eigenvalue weighted by atomic mass is 79.9. The van der Waals surface area contributed by atoms with E-state index in [9.17, 15) is 0 Å². The largest absolute Gasteiger partial charge is 0.0894 e. The molecule has 1 heteroatoms. The number of hydrogen-bond donors (Lipinski definition) is 0. The van der Waals surface area contributed by atoms with Gasteiger partial charge >= 0.3 is 0 Å². The van der Waals surface area contributed by atoms with Crippen molar-refractivity contribution >= 4 is 15.9 Å². The van der Waals surface area contributed by atoms with Crippen LogP contribution in [0.25, 0.3) is 0 Å². The topological polar surface area (TPSA) is 0 Å². The first-order valence-electron chi connectivity index (χ1n) is 4.34. The van der Waals surface area contributed by atoms with Gasteiger partial charge in [0.2, 0.25) is 0 Å². The summed E-state index contributed by atoms with van der Waals surface area (Å²) >= 11 is 3.60. The minimum Gasteiger partial charge on any atom is -0.0894 e. The molecule has 0 aromatic rings. The van der Waals surface area contributed by atoms with Gasteiger partial charge in [-0.05, 0) is 18.3 Å². The molecule has 0 bridgehead atoms. The molecule has 0 spiro atoms. The fourth-order valence-electron chi connectivity index (χ4n) is 1.71. The zero-order chi connectivity index (χ0) is 7.56.